The first-order chi connectivity index (χ1) is 15.4. The smallest absolute Gasteiger partial charge is 0.256 e. The highest BCUT2D eigenvalue weighted by Gasteiger charge is 2.16. The number of hydrogen-bond donors (Lipinski definition) is 2. The third-order valence-electron chi connectivity index (χ3n) is 4.57. The average Bonchev–Trinajstić information content (AvgIpc) is 2.79. The predicted octanol–water partition coefficient (Wildman–Crippen LogP) is 5.14. The van der Waals surface area contributed by atoms with Gasteiger partial charge in [-0.1, -0.05) is 72.3 Å². The highest BCUT2D eigenvalue weighted by atomic mass is 35.5. The molecule has 0 radical (unpaired) electrons. The largest absolute Gasteiger partial charge is 0.337 e. The predicted molar refractivity (Wildman–Crippen MR) is 134 cm³/mol. The molecule has 2 amide bonds. The van der Waals surface area contributed by atoms with Crippen LogP contribution in [-0.4, -0.2) is 28.9 Å². The van der Waals surface area contributed by atoms with Gasteiger partial charge in [-0.05, 0) is 47.6 Å². The van der Waals surface area contributed by atoms with Gasteiger partial charge in [0, 0.05) is 24.7 Å². The monoisotopic (exact) mass is 463 g/mol. The minimum Gasteiger partial charge on any atom is -0.337 e. The van der Waals surface area contributed by atoms with Gasteiger partial charge >= 0.3 is 0 Å². The molecule has 0 bridgehead atoms. The number of hydrogen-bond acceptors (Lipinski definition) is 3. The van der Waals surface area contributed by atoms with E-state index in [-0.39, 0.29) is 11.0 Å². The van der Waals surface area contributed by atoms with E-state index >= 15 is 0 Å². The molecule has 0 fully saturated rings. The number of anilines is 1. The second kappa shape index (κ2) is 11.2. The lowest BCUT2D eigenvalue weighted by molar-refractivity contribution is -0.115. The maximum absolute atomic E-state index is 13.0. The molecule has 0 aliphatic rings. The van der Waals surface area contributed by atoms with Gasteiger partial charge in [-0.2, -0.15) is 0 Å². The maximum Gasteiger partial charge on any atom is 0.256 e. The van der Waals surface area contributed by atoms with Crippen LogP contribution >= 0.6 is 23.8 Å². The van der Waals surface area contributed by atoms with Gasteiger partial charge in [0.2, 0.25) is 5.91 Å². The molecule has 3 rings (SSSR count). The van der Waals surface area contributed by atoms with Gasteiger partial charge in [0.05, 0.1) is 11.3 Å². The minimum absolute atomic E-state index is 0.0878. The summed E-state index contributed by atoms with van der Waals surface area (Å²) in [4.78, 5) is 26.8. The lowest BCUT2D eigenvalue weighted by Gasteiger charge is -2.20. The van der Waals surface area contributed by atoms with Gasteiger partial charge in [-0.25, -0.2) is 0 Å². The number of benzene rings is 3. The molecule has 5 nitrogen and oxygen atoms in total. The first-order valence-electron chi connectivity index (χ1n) is 9.87. The molecule has 0 saturated heterocycles. The summed E-state index contributed by atoms with van der Waals surface area (Å²) < 4.78 is 0. The van der Waals surface area contributed by atoms with E-state index in [1.807, 2.05) is 42.5 Å². The second-order valence-corrected chi connectivity index (χ2v) is 7.81. The van der Waals surface area contributed by atoms with Crippen molar-refractivity contribution in [1.29, 1.82) is 0 Å². The molecule has 0 heterocycles. The van der Waals surface area contributed by atoms with Crippen molar-refractivity contribution in [1.82, 2.24) is 10.2 Å². The van der Waals surface area contributed by atoms with Crippen LogP contribution in [0, 0.1) is 0 Å². The Hall–Kier alpha value is -3.48. The van der Waals surface area contributed by atoms with Gasteiger partial charge in [0.25, 0.3) is 5.91 Å². The van der Waals surface area contributed by atoms with Crippen LogP contribution in [0.15, 0.2) is 84.9 Å². The molecule has 32 heavy (non-hydrogen) atoms. The van der Waals surface area contributed by atoms with Crippen LogP contribution in [0.25, 0.3) is 6.08 Å². The van der Waals surface area contributed by atoms with Crippen LogP contribution in [0.2, 0.25) is 5.02 Å². The van der Waals surface area contributed by atoms with Crippen LogP contribution in [0.1, 0.15) is 21.5 Å². The molecule has 0 spiro atoms. The molecule has 0 aromatic heterocycles. The van der Waals surface area contributed by atoms with Crippen LogP contribution in [0.5, 0.6) is 0 Å². The minimum atomic E-state index is -0.410. The first-order valence-corrected chi connectivity index (χ1v) is 10.7. The average molecular weight is 464 g/mol. The Labute approximate surface area is 197 Å². The summed E-state index contributed by atoms with van der Waals surface area (Å²) >= 11 is 11.3. The van der Waals surface area contributed by atoms with Crippen LogP contribution in [0.4, 0.5) is 5.69 Å². The Balaban J connectivity index is 1.63. The molecule has 0 unspecified atom stereocenters. The van der Waals surface area contributed by atoms with Crippen molar-refractivity contribution in [2.24, 2.45) is 0 Å². The van der Waals surface area contributed by atoms with Crippen molar-refractivity contribution in [3.8, 4) is 0 Å². The third-order valence-corrected chi connectivity index (χ3v) is 5.12. The van der Waals surface area contributed by atoms with E-state index in [2.05, 4.69) is 10.6 Å². The summed E-state index contributed by atoms with van der Waals surface area (Å²) in [6, 6.07) is 24.0. The number of carbonyl (C=O) groups excluding carboxylic acids is 2. The molecular formula is C25H22ClN3O2S. The summed E-state index contributed by atoms with van der Waals surface area (Å²) in [6.07, 6.45) is 2.95. The Kier molecular flexibility index (Phi) is 8.14. The number of para-hydroxylation sites is 1. The van der Waals surface area contributed by atoms with Gasteiger partial charge in [0.15, 0.2) is 5.11 Å². The highest BCUT2D eigenvalue weighted by molar-refractivity contribution is 7.80. The summed E-state index contributed by atoms with van der Waals surface area (Å²) in [7, 11) is 1.74. The zero-order valence-electron chi connectivity index (χ0n) is 17.4. The number of nitrogens with zero attached hydrogens (tertiary/aromatic N) is 1. The number of rotatable bonds is 6. The summed E-state index contributed by atoms with van der Waals surface area (Å²) in [5.41, 5.74) is 2.72. The number of thiocarbonyl (C=S) groups is 1. The van der Waals surface area contributed by atoms with Gasteiger partial charge in [-0.15, -0.1) is 0 Å². The van der Waals surface area contributed by atoms with Gasteiger partial charge < -0.3 is 10.2 Å². The summed E-state index contributed by atoms with van der Waals surface area (Å²) in [5.74, 6) is -0.572. The van der Waals surface area contributed by atoms with E-state index in [1.165, 1.54) is 6.08 Å². The zero-order chi connectivity index (χ0) is 22.9. The topological polar surface area (TPSA) is 61.4 Å². The fraction of sp³-hybridized carbons (Fsp3) is 0.0800. The first kappa shape index (κ1) is 23.2. The Morgan fingerprint density at radius 2 is 1.62 bits per heavy atom. The van der Waals surface area contributed by atoms with Crippen molar-refractivity contribution in [2.45, 2.75) is 6.54 Å². The van der Waals surface area contributed by atoms with E-state index in [0.29, 0.717) is 22.8 Å². The number of halogens is 1. The summed E-state index contributed by atoms with van der Waals surface area (Å²) in [5, 5.41) is 6.16. The number of carbonyl (C=O) groups is 2. The van der Waals surface area contributed by atoms with Crippen molar-refractivity contribution in [3.05, 3.63) is 107 Å². The molecule has 0 aliphatic carbocycles. The quantitative estimate of drug-likeness (QED) is 0.392. The molecular weight excluding hydrogens is 442 g/mol. The molecule has 3 aromatic rings. The van der Waals surface area contributed by atoms with E-state index in [1.54, 1.807) is 54.4 Å². The van der Waals surface area contributed by atoms with E-state index in [4.69, 9.17) is 23.8 Å². The SMILES string of the molecule is CN(Cc1ccccc1)C(=O)c1ccccc1NC(=S)NC(=O)C=Cc1ccccc1Cl. The Morgan fingerprint density at radius 1 is 0.969 bits per heavy atom. The van der Waals surface area contributed by atoms with Crippen molar-refractivity contribution in [2.75, 3.05) is 12.4 Å². The van der Waals surface area contributed by atoms with Gasteiger partial charge in [0.1, 0.15) is 0 Å². The standard InChI is InChI=1S/C25H22ClN3O2S/c1-29(17-18-9-3-2-4-10-18)24(31)20-12-6-8-14-22(20)27-25(32)28-23(30)16-15-19-11-5-7-13-21(19)26/h2-16H,17H2,1H3,(H2,27,28,30,32). The van der Waals surface area contributed by atoms with Crippen LogP contribution in [0.3, 0.4) is 0 Å². The molecule has 7 heteroatoms. The number of nitrogens with one attached hydrogen (secondary N) is 2. The third kappa shape index (κ3) is 6.51. The second-order valence-electron chi connectivity index (χ2n) is 6.99. The van der Waals surface area contributed by atoms with E-state index < -0.39 is 5.91 Å². The molecule has 0 aliphatic heterocycles. The fourth-order valence-corrected chi connectivity index (χ4v) is 3.41. The number of amides is 2. The molecule has 3 aromatic carbocycles. The van der Waals surface area contributed by atoms with E-state index in [0.717, 1.165) is 11.1 Å². The zero-order valence-corrected chi connectivity index (χ0v) is 19.0. The molecule has 162 valence electrons. The fourth-order valence-electron chi connectivity index (χ4n) is 3.00. The highest BCUT2D eigenvalue weighted by Crippen LogP contribution is 2.18. The van der Waals surface area contributed by atoms with Crippen molar-refractivity contribution < 1.29 is 9.59 Å². The summed E-state index contributed by atoms with van der Waals surface area (Å²) in [6.45, 7) is 0.474. The maximum atomic E-state index is 13.0. The lowest BCUT2D eigenvalue weighted by atomic mass is 10.1. The molecule has 2 N–H and O–H groups in total. The van der Waals surface area contributed by atoms with Gasteiger partial charge in [-0.3, -0.25) is 14.9 Å². The van der Waals surface area contributed by atoms with Crippen LogP contribution < -0.4 is 10.6 Å². The normalized spacial score (nSPS) is 10.6. The van der Waals surface area contributed by atoms with Crippen LogP contribution in [-0.2, 0) is 11.3 Å². The Morgan fingerprint density at radius 3 is 2.38 bits per heavy atom. The van der Waals surface area contributed by atoms with E-state index in [9.17, 15) is 9.59 Å². The van der Waals surface area contributed by atoms with Crippen molar-refractivity contribution in [3.63, 3.8) is 0 Å². The molecule has 0 atom stereocenters. The molecule has 0 saturated carbocycles. The lowest BCUT2D eigenvalue weighted by Crippen LogP contribution is -2.34. The Bertz CT molecular complexity index is 1150. The van der Waals surface area contributed by atoms with Crippen molar-refractivity contribution >= 4 is 52.5 Å².